The average Bonchev–Trinajstić information content (AvgIpc) is 3.75. The topological polar surface area (TPSA) is 110 Å². The number of carbonyl (C=O) groups is 1. The van der Waals surface area contributed by atoms with E-state index in [1.165, 1.54) is 25.7 Å². The fourth-order valence-electron chi connectivity index (χ4n) is 5.92. The van der Waals surface area contributed by atoms with Gasteiger partial charge in [-0.25, -0.2) is 9.97 Å². The molecule has 4 heterocycles. The number of hydrogen-bond acceptors (Lipinski definition) is 6. The van der Waals surface area contributed by atoms with Crippen molar-refractivity contribution in [3.63, 3.8) is 0 Å². The van der Waals surface area contributed by atoms with E-state index < -0.39 is 0 Å². The summed E-state index contributed by atoms with van der Waals surface area (Å²) in [5.41, 5.74) is 4.96. The number of hydrogen-bond donors (Lipinski definition) is 4. The highest BCUT2D eigenvalue weighted by atomic mass is 16.1. The minimum Gasteiger partial charge on any atom is -0.368 e. The Morgan fingerprint density at radius 2 is 1.87 bits per heavy atom. The molecular formula is C29H33N9O. The predicted molar refractivity (Wildman–Crippen MR) is 155 cm³/mol. The molecule has 7 rings (SSSR count). The third kappa shape index (κ3) is 4.61. The van der Waals surface area contributed by atoms with Gasteiger partial charge in [-0.05, 0) is 56.3 Å². The van der Waals surface area contributed by atoms with Crippen molar-refractivity contribution in [1.82, 2.24) is 29.4 Å². The number of aromatic amines is 2. The maximum atomic E-state index is 13.7. The quantitative estimate of drug-likeness (QED) is 0.246. The third-order valence-electron chi connectivity index (χ3n) is 8.12. The Bertz CT molecular complexity index is 1630. The van der Waals surface area contributed by atoms with Crippen molar-refractivity contribution in [2.45, 2.75) is 31.7 Å². The van der Waals surface area contributed by atoms with Crippen molar-refractivity contribution >= 4 is 51.1 Å². The molecule has 4 N–H and O–H groups in total. The van der Waals surface area contributed by atoms with E-state index >= 15 is 0 Å². The number of likely N-dealkylation sites (N-methyl/N-ethyl adjacent to an activating group) is 1. The highest BCUT2D eigenvalue weighted by Gasteiger charge is 2.24. The molecule has 2 aromatic carbocycles. The normalized spacial score (nSPS) is 16.9. The second-order valence-electron chi connectivity index (χ2n) is 10.7. The summed E-state index contributed by atoms with van der Waals surface area (Å²) in [6, 6.07) is 12.3. The average molecular weight is 524 g/mol. The van der Waals surface area contributed by atoms with Gasteiger partial charge in [0.2, 0.25) is 11.9 Å². The number of aromatic nitrogens is 5. The molecule has 0 atom stereocenters. The van der Waals surface area contributed by atoms with Gasteiger partial charge in [-0.2, -0.15) is 0 Å². The maximum absolute atomic E-state index is 13.7. The molecule has 2 fully saturated rings. The summed E-state index contributed by atoms with van der Waals surface area (Å²) in [7, 11) is 2.13. The van der Waals surface area contributed by atoms with Crippen LogP contribution in [0.15, 0.2) is 55.0 Å². The summed E-state index contributed by atoms with van der Waals surface area (Å²) >= 11 is 0. The van der Waals surface area contributed by atoms with Crippen LogP contribution in [0.2, 0.25) is 0 Å². The van der Waals surface area contributed by atoms with E-state index in [0.29, 0.717) is 17.6 Å². The summed E-state index contributed by atoms with van der Waals surface area (Å²) in [6.45, 7) is 3.60. The molecule has 5 aromatic rings. The first-order chi connectivity index (χ1) is 19.1. The third-order valence-corrected chi connectivity index (χ3v) is 8.12. The monoisotopic (exact) mass is 523 g/mol. The molecule has 0 radical (unpaired) electrons. The molecule has 1 saturated heterocycles. The number of H-pyrrole nitrogens is 2. The Morgan fingerprint density at radius 1 is 1.03 bits per heavy atom. The second kappa shape index (κ2) is 9.77. The molecule has 1 saturated carbocycles. The molecule has 1 aliphatic carbocycles. The van der Waals surface area contributed by atoms with Gasteiger partial charge in [0.15, 0.2) is 0 Å². The van der Waals surface area contributed by atoms with Crippen LogP contribution in [0.3, 0.4) is 0 Å². The van der Waals surface area contributed by atoms with E-state index in [1.54, 1.807) is 0 Å². The van der Waals surface area contributed by atoms with Gasteiger partial charge < -0.3 is 29.7 Å². The van der Waals surface area contributed by atoms with E-state index in [2.05, 4.69) is 47.0 Å². The van der Waals surface area contributed by atoms with Crippen LogP contribution in [0.5, 0.6) is 0 Å². The zero-order valence-corrected chi connectivity index (χ0v) is 22.1. The van der Waals surface area contributed by atoms with Crippen LogP contribution >= 0.6 is 0 Å². The van der Waals surface area contributed by atoms with E-state index in [0.717, 1.165) is 65.4 Å². The van der Waals surface area contributed by atoms with Gasteiger partial charge in [0.25, 0.3) is 5.91 Å². The second-order valence-corrected chi connectivity index (χ2v) is 10.7. The number of carbonyl (C=O) groups excluding carboxylic acids is 1. The Hall–Kier alpha value is -4.31. The lowest BCUT2D eigenvalue weighted by Gasteiger charge is -2.35. The van der Waals surface area contributed by atoms with Gasteiger partial charge in [-0.1, -0.05) is 12.8 Å². The van der Waals surface area contributed by atoms with Gasteiger partial charge in [-0.15, -0.1) is 0 Å². The zero-order valence-electron chi connectivity index (χ0n) is 22.1. The lowest BCUT2D eigenvalue weighted by atomic mass is 10.1. The minimum absolute atomic E-state index is 0.137. The standard InChI is InChI=1S/C29H33N9O/c1-36-12-14-37(15-13-36)26-18-25-24(17-22(26)27(39)32-20-6-7-23-19(16-20)8-9-30-23)33-28(34-25)35-29-31-10-11-38(29)21-4-2-3-5-21/h6-11,16-18,21,30H,2-5,12-15H2,1H3,(H,32,39)(H2,31,33,34,35). The Kier molecular flexibility index (Phi) is 5.96. The summed E-state index contributed by atoms with van der Waals surface area (Å²) in [5, 5.41) is 7.57. The molecule has 0 spiro atoms. The van der Waals surface area contributed by atoms with E-state index in [4.69, 9.17) is 4.98 Å². The van der Waals surface area contributed by atoms with E-state index in [9.17, 15) is 4.79 Å². The van der Waals surface area contributed by atoms with Crippen molar-refractivity contribution < 1.29 is 4.79 Å². The lowest BCUT2D eigenvalue weighted by molar-refractivity contribution is 0.102. The molecule has 200 valence electrons. The van der Waals surface area contributed by atoms with Crippen LogP contribution in [-0.2, 0) is 0 Å². The van der Waals surface area contributed by atoms with Crippen LogP contribution in [0.4, 0.5) is 23.3 Å². The molecular weight excluding hydrogens is 490 g/mol. The summed E-state index contributed by atoms with van der Waals surface area (Å²) in [6.07, 6.45) is 10.6. The van der Waals surface area contributed by atoms with Gasteiger partial charge in [0.05, 0.1) is 22.3 Å². The number of rotatable bonds is 6. The number of fused-ring (bicyclic) bond motifs is 2. The van der Waals surface area contributed by atoms with Crippen LogP contribution in [-0.4, -0.2) is 68.5 Å². The van der Waals surface area contributed by atoms with Crippen molar-refractivity contribution in [1.29, 1.82) is 0 Å². The van der Waals surface area contributed by atoms with Gasteiger partial charge in [0, 0.05) is 67.4 Å². The predicted octanol–water partition coefficient (Wildman–Crippen LogP) is 5.10. The molecule has 1 aliphatic heterocycles. The van der Waals surface area contributed by atoms with Crippen LogP contribution in [0.1, 0.15) is 42.1 Å². The zero-order chi connectivity index (χ0) is 26.3. The van der Waals surface area contributed by atoms with Crippen molar-refractivity contribution in [3.8, 4) is 0 Å². The van der Waals surface area contributed by atoms with Crippen LogP contribution < -0.4 is 15.5 Å². The summed E-state index contributed by atoms with van der Waals surface area (Å²) in [5.74, 6) is 1.27. The minimum atomic E-state index is -0.137. The Balaban J connectivity index is 1.22. The Labute approximate surface area is 226 Å². The van der Waals surface area contributed by atoms with Crippen LogP contribution in [0, 0.1) is 0 Å². The van der Waals surface area contributed by atoms with Crippen molar-refractivity contribution in [2.75, 3.05) is 48.8 Å². The fraction of sp³-hybridized carbons (Fsp3) is 0.345. The molecule has 10 nitrogen and oxygen atoms in total. The fourth-order valence-corrected chi connectivity index (χ4v) is 5.92. The molecule has 0 bridgehead atoms. The van der Waals surface area contributed by atoms with E-state index in [-0.39, 0.29) is 5.91 Å². The number of imidazole rings is 2. The largest absolute Gasteiger partial charge is 0.368 e. The number of amides is 1. The number of piperazine rings is 1. The molecule has 10 heteroatoms. The van der Waals surface area contributed by atoms with Crippen LogP contribution in [0.25, 0.3) is 21.9 Å². The number of anilines is 4. The maximum Gasteiger partial charge on any atom is 0.257 e. The SMILES string of the molecule is CN1CCN(c2cc3nc(Nc4nccn4C4CCCC4)[nH]c3cc2C(=O)Nc2ccc3[nH]ccc3c2)CC1. The highest BCUT2D eigenvalue weighted by molar-refractivity contribution is 6.11. The first-order valence-electron chi connectivity index (χ1n) is 13.8. The number of benzene rings is 2. The molecule has 39 heavy (non-hydrogen) atoms. The first-order valence-corrected chi connectivity index (χ1v) is 13.8. The lowest BCUT2D eigenvalue weighted by Crippen LogP contribution is -2.45. The smallest absolute Gasteiger partial charge is 0.257 e. The number of nitrogens with one attached hydrogen (secondary N) is 4. The van der Waals surface area contributed by atoms with Gasteiger partial charge in [-0.3, -0.25) is 10.1 Å². The van der Waals surface area contributed by atoms with Gasteiger partial charge in [0.1, 0.15) is 0 Å². The summed E-state index contributed by atoms with van der Waals surface area (Å²) in [4.78, 5) is 34.3. The first kappa shape index (κ1) is 23.8. The molecule has 1 amide bonds. The Morgan fingerprint density at radius 3 is 2.72 bits per heavy atom. The van der Waals surface area contributed by atoms with Gasteiger partial charge >= 0.3 is 0 Å². The molecule has 3 aromatic heterocycles. The van der Waals surface area contributed by atoms with E-state index in [1.807, 2.05) is 55.0 Å². The summed E-state index contributed by atoms with van der Waals surface area (Å²) < 4.78 is 2.22. The molecule has 0 unspecified atom stereocenters. The highest BCUT2D eigenvalue weighted by Crippen LogP contribution is 2.33. The van der Waals surface area contributed by atoms with Crippen molar-refractivity contribution in [2.24, 2.45) is 0 Å². The number of nitrogens with zero attached hydrogens (tertiary/aromatic N) is 5. The molecule has 2 aliphatic rings. The van der Waals surface area contributed by atoms with Crippen molar-refractivity contribution in [3.05, 3.63) is 60.6 Å².